The van der Waals surface area contributed by atoms with Crippen LogP contribution in [0.3, 0.4) is 0 Å². The standard InChI is InChI=1S/C25H26N2O3/c1-17-22(26-25(30-17)19-12-13-23(28-3)24(14-19)29-4)16-27(2)15-20-10-7-9-18-8-5-6-11-21(18)20/h5-14H,15-16H2,1-4H3. The topological polar surface area (TPSA) is 47.7 Å². The maximum absolute atomic E-state index is 5.96. The molecule has 3 aromatic carbocycles. The maximum atomic E-state index is 5.96. The summed E-state index contributed by atoms with van der Waals surface area (Å²) in [6.45, 7) is 3.49. The molecule has 0 amide bonds. The quantitative estimate of drug-likeness (QED) is 0.411. The van der Waals surface area contributed by atoms with Crippen molar-refractivity contribution in [3.63, 3.8) is 0 Å². The highest BCUT2D eigenvalue weighted by Gasteiger charge is 2.16. The van der Waals surface area contributed by atoms with E-state index in [0.717, 1.165) is 23.6 Å². The summed E-state index contributed by atoms with van der Waals surface area (Å²) in [4.78, 5) is 7.01. The number of oxazole rings is 1. The molecule has 0 N–H and O–H groups in total. The summed E-state index contributed by atoms with van der Waals surface area (Å²) in [5.41, 5.74) is 3.10. The second-order valence-corrected chi connectivity index (χ2v) is 7.40. The van der Waals surface area contributed by atoms with Crippen molar-refractivity contribution in [2.24, 2.45) is 0 Å². The van der Waals surface area contributed by atoms with Crippen molar-refractivity contribution in [3.8, 4) is 23.0 Å². The van der Waals surface area contributed by atoms with Gasteiger partial charge in [-0.05, 0) is 48.5 Å². The monoisotopic (exact) mass is 402 g/mol. The fraction of sp³-hybridized carbons (Fsp3) is 0.240. The highest BCUT2D eigenvalue weighted by atomic mass is 16.5. The number of fused-ring (bicyclic) bond motifs is 1. The Labute approximate surface area is 176 Å². The molecule has 1 heterocycles. The van der Waals surface area contributed by atoms with Gasteiger partial charge in [0.25, 0.3) is 0 Å². The molecular formula is C25H26N2O3. The molecule has 0 aliphatic rings. The van der Waals surface area contributed by atoms with Crippen LogP contribution in [0.5, 0.6) is 11.5 Å². The maximum Gasteiger partial charge on any atom is 0.226 e. The van der Waals surface area contributed by atoms with Gasteiger partial charge in [0.1, 0.15) is 5.76 Å². The van der Waals surface area contributed by atoms with E-state index in [4.69, 9.17) is 18.9 Å². The fourth-order valence-corrected chi connectivity index (χ4v) is 3.70. The summed E-state index contributed by atoms with van der Waals surface area (Å²) in [6.07, 6.45) is 0. The number of ether oxygens (including phenoxy) is 2. The number of hydrogen-bond acceptors (Lipinski definition) is 5. The molecule has 154 valence electrons. The molecule has 0 aliphatic heterocycles. The lowest BCUT2D eigenvalue weighted by molar-refractivity contribution is 0.314. The van der Waals surface area contributed by atoms with Crippen LogP contribution in [0.4, 0.5) is 0 Å². The number of hydrogen-bond donors (Lipinski definition) is 0. The number of nitrogens with zero attached hydrogens (tertiary/aromatic N) is 2. The summed E-state index contributed by atoms with van der Waals surface area (Å²) in [6, 6.07) is 20.6. The highest BCUT2D eigenvalue weighted by molar-refractivity contribution is 5.85. The fourth-order valence-electron chi connectivity index (χ4n) is 3.70. The summed E-state index contributed by atoms with van der Waals surface area (Å²) >= 11 is 0. The van der Waals surface area contributed by atoms with Crippen molar-refractivity contribution in [1.29, 1.82) is 0 Å². The minimum Gasteiger partial charge on any atom is -0.493 e. The van der Waals surface area contributed by atoms with Crippen LogP contribution < -0.4 is 9.47 Å². The molecule has 0 atom stereocenters. The van der Waals surface area contributed by atoms with E-state index in [2.05, 4.69) is 54.4 Å². The van der Waals surface area contributed by atoms with E-state index in [-0.39, 0.29) is 0 Å². The molecule has 0 fully saturated rings. The molecule has 1 aromatic heterocycles. The van der Waals surface area contributed by atoms with Crippen molar-refractivity contribution in [2.45, 2.75) is 20.0 Å². The first-order valence-corrected chi connectivity index (χ1v) is 9.93. The zero-order valence-corrected chi connectivity index (χ0v) is 17.8. The highest BCUT2D eigenvalue weighted by Crippen LogP contribution is 2.32. The van der Waals surface area contributed by atoms with Gasteiger partial charge in [-0.15, -0.1) is 0 Å². The van der Waals surface area contributed by atoms with Gasteiger partial charge in [-0.1, -0.05) is 42.5 Å². The second kappa shape index (κ2) is 8.59. The Hall–Kier alpha value is -3.31. The molecule has 0 unspecified atom stereocenters. The average Bonchev–Trinajstić information content (AvgIpc) is 3.13. The van der Waals surface area contributed by atoms with Crippen LogP contribution in [-0.2, 0) is 13.1 Å². The molecule has 30 heavy (non-hydrogen) atoms. The van der Waals surface area contributed by atoms with Crippen LogP contribution in [0.2, 0.25) is 0 Å². The van der Waals surface area contributed by atoms with Gasteiger partial charge in [0.2, 0.25) is 5.89 Å². The average molecular weight is 402 g/mol. The molecule has 4 rings (SSSR count). The third kappa shape index (κ3) is 4.02. The van der Waals surface area contributed by atoms with Crippen molar-refractivity contribution < 1.29 is 13.9 Å². The van der Waals surface area contributed by atoms with E-state index in [1.807, 2.05) is 25.1 Å². The first-order chi connectivity index (χ1) is 14.6. The first-order valence-electron chi connectivity index (χ1n) is 9.93. The first kappa shape index (κ1) is 20.0. The van der Waals surface area contributed by atoms with Crippen LogP contribution in [0.15, 0.2) is 65.1 Å². The lowest BCUT2D eigenvalue weighted by Gasteiger charge is -2.17. The summed E-state index contributed by atoms with van der Waals surface area (Å²) in [7, 11) is 5.35. The zero-order chi connectivity index (χ0) is 21.1. The molecular weight excluding hydrogens is 376 g/mol. The van der Waals surface area contributed by atoms with Gasteiger partial charge in [0.05, 0.1) is 19.9 Å². The molecule has 0 spiro atoms. The third-order valence-corrected chi connectivity index (χ3v) is 5.26. The van der Waals surface area contributed by atoms with Crippen molar-refractivity contribution >= 4 is 10.8 Å². The van der Waals surface area contributed by atoms with Gasteiger partial charge in [0.15, 0.2) is 11.5 Å². The molecule has 0 radical (unpaired) electrons. The number of methoxy groups -OCH3 is 2. The Morgan fingerprint density at radius 3 is 2.47 bits per heavy atom. The lowest BCUT2D eigenvalue weighted by Crippen LogP contribution is -2.18. The number of aromatic nitrogens is 1. The van der Waals surface area contributed by atoms with E-state index < -0.39 is 0 Å². The van der Waals surface area contributed by atoms with Gasteiger partial charge in [0, 0.05) is 18.7 Å². The predicted octanol–water partition coefficient (Wildman–Crippen LogP) is 5.45. The Morgan fingerprint density at radius 1 is 0.900 bits per heavy atom. The largest absolute Gasteiger partial charge is 0.493 e. The molecule has 0 aliphatic carbocycles. The van der Waals surface area contributed by atoms with E-state index in [0.29, 0.717) is 23.9 Å². The minimum absolute atomic E-state index is 0.585. The Balaban J connectivity index is 1.54. The molecule has 0 saturated carbocycles. The Kier molecular flexibility index (Phi) is 5.72. The molecule has 5 heteroatoms. The lowest BCUT2D eigenvalue weighted by atomic mass is 10.0. The SMILES string of the molecule is COc1ccc(-c2nc(CN(C)Cc3cccc4ccccc34)c(C)o2)cc1OC. The number of benzene rings is 3. The third-order valence-electron chi connectivity index (χ3n) is 5.26. The van der Waals surface area contributed by atoms with Crippen LogP contribution in [0.25, 0.3) is 22.2 Å². The van der Waals surface area contributed by atoms with E-state index in [1.165, 1.54) is 16.3 Å². The van der Waals surface area contributed by atoms with Gasteiger partial charge in [-0.2, -0.15) is 0 Å². The normalized spacial score (nSPS) is 11.2. The van der Waals surface area contributed by atoms with E-state index in [1.54, 1.807) is 14.2 Å². The van der Waals surface area contributed by atoms with Crippen LogP contribution >= 0.6 is 0 Å². The minimum atomic E-state index is 0.585. The van der Waals surface area contributed by atoms with Crippen molar-refractivity contribution in [1.82, 2.24) is 9.88 Å². The number of rotatable bonds is 7. The zero-order valence-electron chi connectivity index (χ0n) is 17.8. The van der Waals surface area contributed by atoms with E-state index >= 15 is 0 Å². The second-order valence-electron chi connectivity index (χ2n) is 7.40. The van der Waals surface area contributed by atoms with Crippen LogP contribution in [-0.4, -0.2) is 31.2 Å². The molecule has 0 saturated heterocycles. The van der Waals surface area contributed by atoms with Crippen molar-refractivity contribution in [2.75, 3.05) is 21.3 Å². The summed E-state index contributed by atoms with van der Waals surface area (Å²) in [5, 5.41) is 2.55. The van der Waals surface area contributed by atoms with Crippen LogP contribution in [0, 0.1) is 6.92 Å². The van der Waals surface area contributed by atoms with Gasteiger partial charge in [-0.3, -0.25) is 4.90 Å². The molecule has 0 bridgehead atoms. The van der Waals surface area contributed by atoms with Gasteiger partial charge < -0.3 is 13.9 Å². The van der Waals surface area contributed by atoms with E-state index in [9.17, 15) is 0 Å². The van der Waals surface area contributed by atoms with Gasteiger partial charge in [-0.25, -0.2) is 4.98 Å². The Bertz CT molecular complexity index is 1160. The van der Waals surface area contributed by atoms with Gasteiger partial charge >= 0.3 is 0 Å². The number of aryl methyl sites for hydroxylation is 1. The Morgan fingerprint density at radius 2 is 1.67 bits per heavy atom. The molecule has 5 nitrogen and oxygen atoms in total. The predicted molar refractivity (Wildman–Crippen MR) is 119 cm³/mol. The molecule has 4 aromatic rings. The van der Waals surface area contributed by atoms with Crippen LogP contribution in [0.1, 0.15) is 17.0 Å². The smallest absolute Gasteiger partial charge is 0.226 e. The summed E-state index contributed by atoms with van der Waals surface area (Å²) < 4.78 is 16.7. The summed E-state index contributed by atoms with van der Waals surface area (Å²) in [5.74, 6) is 2.74. The van der Waals surface area contributed by atoms with Crippen molar-refractivity contribution in [3.05, 3.63) is 77.7 Å².